The van der Waals surface area contributed by atoms with Crippen molar-refractivity contribution in [2.24, 2.45) is 0 Å². The standard InChI is InChI=1S/C17H13ClO2/c1-19-15-8-9-17-13(10-15)11-16(20-17)7-4-12-2-5-14(18)6-3-12/h2-11H,1H3. The largest absolute Gasteiger partial charge is 0.497 e. The van der Waals surface area contributed by atoms with E-state index in [1.54, 1.807) is 7.11 Å². The third-order valence-electron chi connectivity index (χ3n) is 3.05. The summed E-state index contributed by atoms with van der Waals surface area (Å²) in [5.41, 5.74) is 1.92. The van der Waals surface area contributed by atoms with Crippen LogP contribution in [0.3, 0.4) is 0 Å². The Morgan fingerprint density at radius 3 is 2.55 bits per heavy atom. The van der Waals surface area contributed by atoms with Crippen LogP contribution in [-0.4, -0.2) is 7.11 Å². The lowest BCUT2D eigenvalue weighted by atomic mass is 10.2. The smallest absolute Gasteiger partial charge is 0.135 e. The van der Waals surface area contributed by atoms with Crippen LogP contribution in [0.2, 0.25) is 5.02 Å². The number of hydrogen-bond acceptors (Lipinski definition) is 2. The molecule has 3 rings (SSSR count). The summed E-state index contributed by atoms with van der Waals surface area (Å²) >= 11 is 5.86. The van der Waals surface area contributed by atoms with Gasteiger partial charge < -0.3 is 9.15 Å². The number of benzene rings is 2. The first kappa shape index (κ1) is 12.8. The van der Waals surface area contributed by atoms with Crippen LogP contribution in [0.15, 0.2) is 52.9 Å². The fourth-order valence-electron chi connectivity index (χ4n) is 2.00. The SMILES string of the molecule is COc1ccc2oc(C=Cc3ccc(Cl)cc3)cc2c1. The van der Waals surface area contributed by atoms with Crippen LogP contribution in [0, 0.1) is 0 Å². The van der Waals surface area contributed by atoms with Crippen molar-refractivity contribution in [1.82, 2.24) is 0 Å². The van der Waals surface area contributed by atoms with Gasteiger partial charge in [0.1, 0.15) is 17.1 Å². The van der Waals surface area contributed by atoms with Gasteiger partial charge in [-0.15, -0.1) is 0 Å². The number of ether oxygens (including phenoxy) is 1. The van der Waals surface area contributed by atoms with Crippen LogP contribution in [-0.2, 0) is 0 Å². The van der Waals surface area contributed by atoms with E-state index >= 15 is 0 Å². The van der Waals surface area contributed by atoms with E-state index in [0.717, 1.165) is 33.1 Å². The molecule has 20 heavy (non-hydrogen) atoms. The third kappa shape index (κ3) is 2.70. The number of furan rings is 1. The molecule has 0 bridgehead atoms. The van der Waals surface area contributed by atoms with Crippen molar-refractivity contribution < 1.29 is 9.15 Å². The fraction of sp³-hybridized carbons (Fsp3) is 0.0588. The first-order valence-corrected chi connectivity index (χ1v) is 6.64. The highest BCUT2D eigenvalue weighted by atomic mass is 35.5. The third-order valence-corrected chi connectivity index (χ3v) is 3.30. The van der Waals surface area contributed by atoms with E-state index in [4.69, 9.17) is 20.8 Å². The molecule has 0 aliphatic carbocycles. The van der Waals surface area contributed by atoms with E-state index in [0.29, 0.717) is 0 Å². The summed E-state index contributed by atoms with van der Waals surface area (Å²) in [6, 6.07) is 15.4. The molecule has 0 atom stereocenters. The lowest BCUT2D eigenvalue weighted by molar-refractivity contribution is 0.415. The van der Waals surface area contributed by atoms with Crippen molar-refractivity contribution in [2.45, 2.75) is 0 Å². The molecule has 0 radical (unpaired) electrons. The second-order valence-corrected chi connectivity index (χ2v) is 4.87. The minimum Gasteiger partial charge on any atom is -0.497 e. The van der Waals surface area contributed by atoms with Crippen molar-refractivity contribution in [1.29, 1.82) is 0 Å². The van der Waals surface area contributed by atoms with Gasteiger partial charge in [-0.2, -0.15) is 0 Å². The minimum absolute atomic E-state index is 0.734. The second-order valence-electron chi connectivity index (χ2n) is 4.44. The van der Waals surface area contributed by atoms with Crippen LogP contribution < -0.4 is 4.74 Å². The zero-order valence-electron chi connectivity index (χ0n) is 11.0. The number of hydrogen-bond donors (Lipinski definition) is 0. The van der Waals surface area contributed by atoms with Crippen LogP contribution in [0.4, 0.5) is 0 Å². The van der Waals surface area contributed by atoms with Crippen molar-refractivity contribution in [2.75, 3.05) is 7.11 Å². The highest BCUT2D eigenvalue weighted by Gasteiger charge is 2.02. The molecule has 1 aromatic heterocycles. The number of rotatable bonds is 3. The summed E-state index contributed by atoms with van der Waals surface area (Å²) in [5.74, 6) is 1.63. The number of fused-ring (bicyclic) bond motifs is 1. The summed E-state index contributed by atoms with van der Waals surface area (Å²) in [7, 11) is 1.66. The number of methoxy groups -OCH3 is 1. The maximum atomic E-state index is 5.86. The minimum atomic E-state index is 0.734. The van der Waals surface area contributed by atoms with E-state index in [2.05, 4.69) is 0 Å². The van der Waals surface area contributed by atoms with Crippen LogP contribution in [0.5, 0.6) is 5.75 Å². The quantitative estimate of drug-likeness (QED) is 0.654. The molecule has 0 saturated heterocycles. The van der Waals surface area contributed by atoms with Gasteiger partial charge >= 0.3 is 0 Å². The summed E-state index contributed by atoms with van der Waals surface area (Å²) in [4.78, 5) is 0. The molecule has 2 nitrogen and oxygen atoms in total. The van der Waals surface area contributed by atoms with Gasteiger partial charge in [0.2, 0.25) is 0 Å². The lowest BCUT2D eigenvalue weighted by Crippen LogP contribution is -1.79. The molecule has 0 saturated carbocycles. The maximum absolute atomic E-state index is 5.86. The molecule has 0 fully saturated rings. The Balaban J connectivity index is 1.88. The Labute approximate surface area is 122 Å². The topological polar surface area (TPSA) is 22.4 Å². The highest BCUT2D eigenvalue weighted by molar-refractivity contribution is 6.30. The van der Waals surface area contributed by atoms with Gasteiger partial charge in [-0.25, -0.2) is 0 Å². The van der Waals surface area contributed by atoms with E-state index < -0.39 is 0 Å². The Hall–Kier alpha value is -2.19. The second kappa shape index (κ2) is 5.43. The first-order chi connectivity index (χ1) is 9.74. The normalized spacial score (nSPS) is 11.3. The molecule has 100 valence electrons. The monoisotopic (exact) mass is 284 g/mol. The summed E-state index contributed by atoms with van der Waals surface area (Å²) in [6.45, 7) is 0. The van der Waals surface area contributed by atoms with Crippen molar-refractivity contribution in [3.05, 3.63) is 64.9 Å². The van der Waals surface area contributed by atoms with Gasteiger partial charge in [-0.3, -0.25) is 0 Å². The van der Waals surface area contributed by atoms with Gasteiger partial charge in [-0.1, -0.05) is 29.8 Å². The Morgan fingerprint density at radius 2 is 1.80 bits per heavy atom. The van der Waals surface area contributed by atoms with Gasteiger partial charge in [0.25, 0.3) is 0 Å². The van der Waals surface area contributed by atoms with Gasteiger partial charge in [-0.05, 0) is 48.0 Å². The number of halogens is 1. The van der Waals surface area contributed by atoms with Crippen molar-refractivity contribution >= 4 is 34.7 Å². The maximum Gasteiger partial charge on any atom is 0.135 e. The van der Waals surface area contributed by atoms with Gasteiger partial charge in [0.05, 0.1) is 7.11 Å². The molecule has 0 spiro atoms. The zero-order chi connectivity index (χ0) is 13.9. The molecule has 0 aliphatic rings. The molecule has 2 aromatic carbocycles. The molecule has 0 amide bonds. The predicted octanol–water partition coefficient (Wildman–Crippen LogP) is 5.27. The zero-order valence-corrected chi connectivity index (χ0v) is 11.7. The van der Waals surface area contributed by atoms with E-state index in [1.165, 1.54) is 0 Å². The Morgan fingerprint density at radius 1 is 1.00 bits per heavy atom. The van der Waals surface area contributed by atoms with Crippen LogP contribution >= 0.6 is 11.6 Å². The van der Waals surface area contributed by atoms with Crippen molar-refractivity contribution in [3.8, 4) is 5.75 Å². The molecule has 3 aromatic rings. The molecule has 1 heterocycles. The molecule has 0 N–H and O–H groups in total. The fourth-order valence-corrected chi connectivity index (χ4v) is 2.13. The van der Waals surface area contributed by atoms with Crippen LogP contribution in [0.25, 0.3) is 23.1 Å². The average molecular weight is 285 g/mol. The van der Waals surface area contributed by atoms with E-state index in [-0.39, 0.29) is 0 Å². The first-order valence-electron chi connectivity index (χ1n) is 6.26. The molecular formula is C17H13ClO2. The van der Waals surface area contributed by atoms with Crippen LogP contribution in [0.1, 0.15) is 11.3 Å². The summed E-state index contributed by atoms with van der Waals surface area (Å²) < 4.78 is 10.9. The molecule has 3 heteroatoms. The van der Waals surface area contributed by atoms with Gasteiger partial charge in [0.15, 0.2) is 0 Å². The predicted molar refractivity (Wildman–Crippen MR) is 83.1 cm³/mol. The van der Waals surface area contributed by atoms with Crippen molar-refractivity contribution in [3.63, 3.8) is 0 Å². The summed E-state index contributed by atoms with van der Waals surface area (Å²) in [5, 5.41) is 1.76. The summed E-state index contributed by atoms with van der Waals surface area (Å²) in [6.07, 6.45) is 3.93. The molecular weight excluding hydrogens is 272 g/mol. The van der Waals surface area contributed by atoms with E-state index in [9.17, 15) is 0 Å². The Kier molecular flexibility index (Phi) is 3.48. The van der Waals surface area contributed by atoms with Gasteiger partial charge in [0, 0.05) is 10.4 Å². The highest BCUT2D eigenvalue weighted by Crippen LogP contribution is 2.25. The molecule has 0 aliphatic heterocycles. The molecule has 0 unspecified atom stereocenters. The van der Waals surface area contributed by atoms with E-state index in [1.807, 2.05) is 60.7 Å². The lowest BCUT2D eigenvalue weighted by Gasteiger charge is -1.96. The Bertz CT molecular complexity index is 754. The average Bonchev–Trinajstić information content (AvgIpc) is 2.88.